The lowest BCUT2D eigenvalue weighted by atomic mass is 9.64. The number of phenols is 1. The second-order valence-corrected chi connectivity index (χ2v) is 4.97. The third-order valence-electron chi connectivity index (χ3n) is 4.05. The molecule has 17 heavy (non-hydrogen) atoms. The summed E-state index contributed by atoms with van der Waals surface area (Å²) in [6.45, 7) is 0.120. The lowest BCUT2D eigenvalue weighted by molar-refractivity contribution is 0.119. The monoisotopic (exact) mass is 228 g/mol. The van der Waals surface area contributed by atoms with Crippen LogP contribution in [0.3, 0.4) is 0 Å². The number of aliphatic hydroxyl groups is 1. The Balaban J connectivity index is 2.30. The van der Waals surface area contributed by atoms with Crippen LogP contribution in [-0.4, -0.2) is 16.8 Å². The number of aliphatic hydroxyl groups excluding tert-OH is 1. The Morgan fingerprint density at radius 1 is 1.06 bits per heavy atom. The number of aromatic hydroxyl groups is 1. The van der Waals surface area contributed by atoms with Crippen LogP contribution >= 0.6 is 0 Å². The maximum Gasteiger partial charge on any atom is 0.120 e. The first kappa shape index (κ1) is 10.6. The summed E-state index contributed by atoms with van der Waals surface area (Å²) >= 11 is 0. The molecule has 0 aliphatic heterocycles. The van der Waals surface area contributed by atoms with Gasteiger partial charge in [-0.2, -0.15) is 0 Å². The highest BCUT2D eigenvalue weighted by atomic mass is 16.3. The molecule has 0 bridgehead atoms. The van der Waals surface area contributed by atoms with E-state index in [4.69, 9.17) is 0 Å². The van der Waals surface area contributed by atoms with E-state index in [2.05, 4.69) is 0 Å². The summed E-state index contributed by atoms with van der Waals surface area (Å²) in [7, 11) is 0. The van der Waals surface area contributed by atoms with Crippen molar-refractivity contribution >= 4 is 10.8 Å². The molecule has 1 fully saturated rings. The van der Waals surface area contributed by atoms with E-state index >= 15 is 0 Å². The van der Waals surface area contributed by atoms with Gasteiger partial charge in [0.1, 0.15) is 5.75 Å². The van der Waals surface area contributed by atoms with E-state index in [1.165, 1.54) is 0 Å². The van der Waals surface area contributed by atoms with Gasteiger partial charge in [-0.15, -0.1) is 0 Å². The average molecular weight is 228 g/mol. The summed E-state index contributed by atoms with van der Waals surface area (Å²) in [4.78, 5) is 0. The highest BCUT2D eigenvalue weighted by Gasteiger charge is 2.40. The minimum absolute atomic E-state index is 0.120. The summed E-state index contributed by atoms with van der Waals surface area (Å²) in [5.41, 5.74) is 0.717. The van der Waals surface area contributed by atoms with Gasteiger partial charge in [0, 0.05) is 11.0 Å². The molecule has 2 N–H and O–H groups in total. The van der Waals surface area contributed by atoms with Gasteiger partial charge in [0.25, 0.3) is 0 Å². The molecule has 0 spiro atoms. The van der Waals surface area contributed by atoms with Crippen molar-refractivity contribution in [3.05, 3.63) is 42.0 Å². The van der Waals surface area contributed by atoms with Crippen LogP contribution in [0, 0.1) is 0 Å². The molecular weight excluding hydrogens is 212 g/mol. The summed E-state index contributed by atoms with van der Waals surface area (Å²) < 4.78 is 0. The van der Waals surface area contributed by atoms with Crippen molar-refractivity contribution in [2.45, 2.75) is 24.7 Å². The van der Waals surface area contributed by atoms with Gasteiger partial charge in [-0.1, -0.05) is 36.8 Å². The zero-order chi connectivity index (χ0) is 11.9. The van der Waals surface area contributed by atoms with Gasteiger partial charge in [0.2, 0.25) is 0 Å². The lowest BCUT2D eigenvalue weighted by Crippen LogP contribution is -2.38. The SMILES string of the molecule is OCC1(c2c(O)ccc3ccccc23)CCC1. The first-order valence-corrected chi connectivity index (χ1v) is 6.09. The Hall–Kier alpha value is -1.54. The lowest BCUT2D eigenvalue weighted by Gasteiger charge is -2.41. The smallest absolute Gasteiger partial charge is 0.120 e. The molecule has 2 aromatic rings. The molecule has 1 saturated carbocycles. The quantitative estimate of drug-likeness (QED) is 0.829. The maximum atomic E-state index is 10.1. The molecule has 0 heterocycles. The molecule has 0 atom stereocenters. The van der Waals surface area contributed by atoms with E-state index < -0.39 is 0 Å². The zero-order valence-corrected chi connectivity index (χ0v) is 9.69. The number of hydrogen-bond donors (Lipinski definition) is 2. The van der Waals surface area contributed by atoms with Crippen molar-refractivity contribution in [3.8, 4) is 5.75 Å². The van der Waals surface area contributed by atoms with E-state index in [1.807, 2.05) is 30.3 Å². The van der Waals surface area contributed by atoms with Crippen molar-refractivity contribution in [1.29, 1.82) is 0 Å². The van der Waals surface area contributed by atoms with Crippen molar-refractivity contribution in [2.75, 3.05) is 6.61 Å². The van der Waals surface area contributed by atoms with E-state index in [-0.39, 0.29) is 12.0 Å². The van der Waals surface area contributed by atoms with Crippen molar-refractivity contribution in [3.63, 3.8) is 0 Å². The normalized spacial score (nSPS) is 17.9. The molecule has 1 aliphatic rings. The summed E-state index contributed by atoms with van der Waals surface area (Å²) in [5.74, 6) is 0.317. The Kier molecular flexibility index (Phi) is 2.33. The van der Waals surface area contributed by atoms with Crippen molar-refractivity contribution in [1.82, 2.24) is 0 Å². The van der Waals surface area contributed by atoms with E-state index in [0.717, 1.165) is 35.6 Å². The Morgan fingerprint density at radius 3 is 2.47 bits per heavy atom. The molecule has 0 radical (unpaired) electrons. The molecule has 2 aromatic carbocycles. The molecule has 0 saturated heterocycles. The van der Waals surface area contributed by atoms with Crippen LogP contribution in [0.5, 0.6) is 5.75 Å². The van der Waals surface area contributed by atoms with Crippen molar-refractivity contribution in [2.24, 2.45) is 0 Å². The molecule has 88 valence electrons. The second-order valence-electron chi connectivity index (χ2n) is 4.97. The zero-order valence-electron chi connectivity index (χ0n) is 9.69. The largest absolute Gasteiger partial charge is 0.508 e. The van der Waals surface area contributed by atoms with Gasteiger partial charge < -0.3 is 10.2 Å². The van der Waals surface area contributed by atoms with Crippen LogP contribution in [0.1, 0.15) is 24.8 Å². The Bertz CT molecular complexity index is 550. The third kappa shape index (κ3) is 1.44. The van der Waals surface area contributed by atoms with Gasteiger partial charge in [-0.05, 0) is 29.7 Å². The van der Waals surface area contributed by atoms with Crippen LogP contribution in [-0.2, 0) is 5.41 Å². The standard InChI is InChI=1S/C15H16O2/c16-10-15(8-3-9-15)14-12-5-2-1-4-11(12)6-7-13(14)17/h1-2,4-7,16-17H,3,8-10H2. The highest BCUT2D eigenvalue weighted by Crippen LogP contribution is 2.49. The number of benzene rings is 2. The van der Waals surface area contributed by atoms with E-state index in [0.29, 0.717) is 5.75 Å². The Morgan fingerprint density at radius 2 is 1.82 bits per heavy atom. The minimum Gasteiger partial charge on any atom is -0.508 e. The molecule has 0 unspecified atom stereocenters. The fourth-order valence-electron chi connectivity index (χ4n) is 2.91. The first-order chi connectivity index (χ1) is 8.27. The second kappa shape index (κ2) is 3.74. The van der Waals surface area contributed by atoms with Gasteiger partial charge in [-0.3, -0.25) is 0 Å². The molecule has 2 heteroatoms. The molecule has 0 amide bonds. The number of fused-ring (bicyclic) bond motifs is 1. The van der Waals surface area contributed by atoms with Crippen LogP contribution in [0.4, 0.5) is 0 Å². The van der Waals surface area contributed by atoms with Gasteiger partial charge in [-0.25, -0.2) is 0 Å². The molecule has 2 nitrogen and oxygen atoms in total. The fraction of sp³-hybridized carbons (Fsp3) is 0.333. The predicted molar refractivity (Wildman–Crippen MR) is 68.2 cm³/mol. The van der Waals surface area contributed by atoms with Gasteiger partial charge in [0.15, 0.2) is 0 Å². The highest BCUT2D eigenvalue weighted by molar-refractivity contribution is 5.89. The molecule has 1 aliphatic carbocycles. The molecule has 3 rings (SSSR count). The van der Waals surface area contributed by atoms with Crippen LogP contribution in [0.2, 0.25) is 0 Å². The van der Waals surface area contributed by atoms with Crippen LogP contribution in [0.25, 0.3) is 10.8 Å². The third-order valence-corrected chi connectivity index (χ3v) is 4.05. The van der Waals surface area contributed by atoms with Gasteiger partial charge >= 0.3 is 0 Å². The summed E-state index contributed by atoms with van der Waals surface area (Å²) in [6.07, 6.45) is 3.05. The maximum absolute atomic E-state index is 10.1. The van der Waals surface area contributed by atoms with E-state index in [1.54, 1.807) is 6.07 Å². The molecular formula is C15H16O2. The van der Waals surface area contributed by atoms with Crippen LogP contribution in [0.15, 0.2) is 36.4 Å². The average Bonchev–Trinajstić information content (AvgIpc) is 2.31. The van der Waals surface area contributed by atoms with Crippen molar-refractivity contribution < 1.29 is 10.2 Å². The van der Waals surface area contributed by atoms with Gasteiger partial charge in [0.05, 0.1) is 6.61 Å². The van der Waals surface area contributed by atoms with E-state index in [9.17, 15) is 10.2 Å². The summed E-state index contributed by atoms with van der Waals surface area (Å²) in [6, 6.07) is 11.7. The number of rotatable bonds is 2. The predicted octanol–water partition coefficient (Wildman–Crippen LogP) is 2.96. The first-order valence-electron chi connectivity index (χ1n) is 6.09. The fourth-order valence-corrected chi connectivity index (χ4v) is 2.91. The Labute approximate surface area is 101 Å². The topological polar surface area (TPSA) is 40.5 Å². The van der Waals surface area contributed by atoms with Crippen LogP contribution < -0.4 is 0 Å². The minimum atomic E-state index is -0.217. The molecule has 0 aromatic heterocycles. The number of hydrogen-bond acceptors (Lipinski definition) is 2. The summed E-state index contributed by atoms with van der Waals surface area (Å²) in [5, 5.41) is 22.0. The number of phenolic OH excluding ortho intramolecular Hbond substituents is 1.